The molecule has 1 fully saturated rings. The largest absolute Gasteiger partial charge is 0.334 e. The third kappa shape index (κ3) is 3.92. The first-order valence-electron chi connectivity index (χ1n) is 8.88. The molecule has 5 amide bonds. The molecule has 0 bridgehead atoms. The van der Waals surface area contributed by atoms with E-state index in [1.807, 2.05) is 45.9 Å². The fraction of sp³-hybridized carbons (Fsp3) is 0.474. The van der Waals surface area contributed by atoms with Gasteiger partial charge < -0.3 is 5.32 Å². The Hall–Kier alpha value is -2.70. The molecule has 140 valence electrons. The molecule has 1 aliphatic heterocycles. The number of carbonyl (C=O) groups excluding carboxylic acids is 4. The first kappa shape index (κ1) is 19.6. The average Bonchev–Trinajstić information content (AvgIpc) is 2.79. The van der Waals surface area contributed by atoms with Crippen LogP contribution >= 0.6 is 0 Å². The van der Waals surface area contributed by atoms with Gasteiger partial charge in [0, 0.05) is 12.2 Å². The van der Waals surface area contributed by atoms with Crippen LogP contribution in [0.3, 0.4) is 0 Å². The molecule has 7 heteroatoms. The van der Waals surface area contributed by atoms with Gasteiger partial charge in [0.05, 0.1) is 0 Å². The Kier molecular flexibility index (Phi) is 6.13. The molecule has 1 aliphatic rings. The summed E-state index contributed by atoms with van der Waals surface area (Å²) in [5.41, 5.74) is 2.68. The van der Waals surface area contributed by atoms with E-state index in [1.54, 1.807) is 0 Å². The zero-order valence-electron chi connectivity index (χ0n) is 15.7. The summed E-state index contributed by atoms with van der Waals surface area (Å²) < 4.78 is 0. The highest BCUT2D eigenvalue weighted by Gasteiger charge is 2.45. The molecule has 1 N–H and O–H groups in total. The van der Waals surface area contributed by atoms with Crippen molar-refractivity contribution < 1.29 is 19.2 Å². The van der Waals surface area contributed by atoms with Crippen LogP contribution in [0.4, 0.5) is 10.5 Å². The number of anilines is 1. The number of nitrogens with zero attached hydrogens (tertiary/aromatic N) is 2. The third-order valence-corrected chi connectivity index (χ3v) is 4.25. The zero-order valence-corrected chi connectivity index (χ0v) is 15.7. The molecule has 1 aromatic rings. The topological polar surface area (TPSA) is 86.8 Å². The molecular formula is C19H25N3O4. The Bertz CT molecular complexity index is 720. The number of aryl methyl sites for hydroxylation is 2. The van der Waals surface area contributed by atoms with Gasteiger partial charge >= 0.3 is 17.8 Å². The van der Waals surface area contributed by atoms with Crippen LogP contribution in [-0.4, -0.2) is 46.6 Å². The summed E-state index contributed by atoms with van der Waals surface area (Å²) in [7, 11) is 0. The molecule has 1 aromatic carbocycles. The van der Waals surface area contributed by atoms with Crippen LogP contribution < -0.4 is 5.32 Å². The molecule has 2 rings (SSSR count). The van der Waals surface area contributed by atoms with E-state index in [4.69, 9.17) is 0 Å². The Morgan fingerprint density at radius 2 is 1.54 bits per heavy atom. The quantitative estimate of drug-likeness (QED) is 0.597. The molecule has 26 heavy (non-hydrogen) atoms. The maximum Gasteiger partial charge on any atom is 0.334 e. The normalized spacial score (nSPS) is 14.6. The monoisotopic (exact) mass is 359 g/mol. The number of hydrogen-bond acceptors (Lipinski definition) is 4. The lowest BCUT2D eigenvalue weighted by atomic mass is 10.0. The van der Waals surface area contributed by atoms with Crippen molar-refractivity contribution in [2.45, 2.75) is 40.5 Å². The predicted molar refractivity (Wildman–Crippen MR) is 97.5 cm³/mol. The number of imide groups is 2. The molecule has 1 heterocycles. The summed E-state index contributed by atoms with van der Waals surface area (Å²) in [5.74, 6) is -2.29. The predicted octanol–water partition coefficient (Wildman–Crippen LogP) is 2.20. The van der Waals surface area contributed by atoms with Gasteiger partial charge in [-0.2, -0.15) is 0 Å². The highest BCUT2D eigenvalue weighted by Crippen LogP contribution is 2.23. The number of rotatable bonds is 7. The van der Waals surface area contributed by atoms with Crippen molar-refractivity contribution in [3.63, 3.8) is 0 Å². The highest BCUT2D eigenvalue weighted by atomic mass is 16.2. The van der Waals surface area contributed by atoms with Gasteiger partial charge in [0.2, 0.25) is 5.91 Å². The number of amides is 5. The smallest absolute Gasteiger partial charge is 0.324 e. The van der Waals surface area contributed by atoms with E-state index in [0.29, 0.717) is 10.6 Å². The Morgan fingerprint density at radius 3 is 2.04 bits per heavy atom. The van der Waals surface area contributed by atoms with Gasteiger partial charge in [-0.25, -0.2) is 9.69 Å². The summed E-state index contributed by atoms with van der Waals surface area (Å²) in [6.45, 7) is 7.34. The molecular weight excluding hydrogens is 334 g/mol. The Balaban J connectivity index is 2.15. The molecule has 0 aromatic heterocycles. The van der Waals surface area contributed by atoms with Crippen LogP contribution in [-0.2, 0) is 27.2 Å². The highest BCUT2D eigenvalue weighted by molar-refractivity contribution is 6.45. The molecule has 0 radical (unpaired) electrons. The Labute approximate surface area is 153 Å². The summed E-state index contributed by atoms with van der Waals surface area (Å²) >= 11 is 0. The maximum atomic E-state index is 12.4. The van der Waals surface area contributed by atoms with Crippen LogP contribution in [0.2, 0.25) is 0 Å². The summed E-state index contributed by atoms with van der Waals surface area (Å²) in [6.07, 6.45) is 1.48. The number of nitrogens with one attached hydrogen (secondary N) is 1. The maximum absolute atomic E-state index is 12.4. The van der Waals surface area contributed by atoms with Gasteiger partial charge in [-0.1, -0.05) is 45.9 Å². The zero-order chi connectivity index (χ0) is 19.4. The van der Waals surface area contributed by atoms with E-state index in [2.05, 4.69) is 5.32 Å². The standard InChI is InChI=1S/C19H25N3O4/c1-5-13-8-7-9-14(6-2)16(13)20-15(23)11-22-18(25)17(24)21(19(22)26)10-12(3)4/h7-9,12H,5-6,10-11H2,1-4H3,(H,20,23). The number of hydrogen-bond donors (Lipinski definition) is 1. The van der Waals surface area contributed by atoms with Gasteiger partial charge in [-0.3, -0.25) is 19.3 Å². The van der Waals surface area contributed by atoms with Crippen LogP contribution in [0.15, 0.2) is 18.2 Å². The van der Waals surface area contributed by atoms with Crippen molar-refractivity contribution in [3.8, 4) is 0 Å². The second-order valence-electron chi connectivity index (χ2n) is 6.69. The SMILES string of the molecule is CCc1cccc(CC)c1NC(=O)CN1C(=O)C(=O)N(CC(C)C)C1=O. The molecule has 0 atom stereocenters. The fourth-order valence-corrected chi connectivity index (χ4v) is 2.94. The van der Waals surface area contributed by atoms with E-state index < -0.39 is 30.3 Å². The van der Waals surface area contributed by atoms with Crippen LogP contribution in [0.5, 0.6) is 0 Å². The fourth-order valence-electron chi connectivity index (χ4n) is 2.94. The summed E-state index contributed by atoms with van der Waals surface area (Å²) in [4.78, 5) is 50.4. The minimum absolute atomic E-state index is 0.0352. The van der Waals surface area contributed by atoms with Gasteiger partial charge in [0.1, 0.15) is 6.54 Å². The minimum atomic E-state index is -0.953. The first-order valence-corrected chi connectivity index (χ1v) is 8.88. The van der Waals surface area contributed by atoms with E-state index in [1.165, 1.54) is 0 Å². The van der Waals surface area contributed by atoms with E-state index in [-0.39, 0.29) is 12.5 Å². The van der Waals surface area contributed by atoms with Crippen molar-refractivity contribution in [3.05, 3.63) is 29.3 Å². The molecule has 1 saturated heterocycles. The molecule has 0 spiro atoms. The summed E-state index contributed by atoms with van der Waals surface area (Å²) in [5, 5.41) is 2.80. The van der Waals surface area contributed by atoms with Gasteiger partial charge in [0.25, 0.3) is 0 Å². The number of urea groups is 1. The van der Waals surface area contributed by atoms with Gasteiger partial charge in [0.15, 0.2) is 0 Å². The molecule has 0 saturated carbocycles. The van der Waals surface area contributed by atoms with Crippen molar-refractivity contribution >= 4 is 29.4 Å². The lowest BCUT2D eigenvalue weighted by molar-refractivity contribution is -0.143. The minimum Gasteiger partial charge on any atom is -0.324 e. The van der Waals surface area contributed by atoms with E-state index >= 15 is 0 Å². The van der Waals surface area contributed by atoms with Crippen LogP contribution in [0, 0.1) is 5.92 Å². The second kappa shape index (κ2) is 8.12. The molecule has 7 nitrogen and oxygen atoms in total. The number of carbonyl (C=O) groups is 4. The van der Waals surface area contributed by atoms with E-state index in [0.717, 1.165) is 28.9 Å². The lowest BCUT2D eigenvalue weighted by Crippen LogP contribution is -2.39. The molecule has 0 aliphatic carbocycles. The van der Waals surface area contributed by atoms with Crippen LogP contribution in [0.25, 0.3) is 0 Å². The number of para-hydroxylation sites is 1. The van der Waals surface area contributed by atoms with Crippen LogP contribution in [0.1, 0.15) is 38.8 Å². The first-order chi connectivity index (χ1) is 12.3. The van der Waals surface area contributed by atoms with Crippen molar-refractivity contribution in [2.24, 2.45) is 5.92 Å². The summed E-state index contributed by atoms with van der Waals surface area (Å²) in [6, 6.07) is 5.05. The average molecular weight is 359 g/mol. The van der Waals surface area contributed by atoms with Gasteiger partial charge in [-0.05, 0) is 29.9 Å². The van der Waals surface area contributed by atoms with Gasteiger partial charge in [-0.15, -0.1) is 0 Å². The third-order valence-electron chi connectivity index (χ3n) is 4.25. The lowest BCUT2D eigenvalue weighted by Gasteiger charge is -2.18. The van der Waals surface area contributed by atoms with Crippen molar-refractivity contribution in [2.75, 3.05) is 18.4 Å². The van der Waals surface area contributed by atoms with E-state index in [9.17, 15) is 19.2 Å². The van der Waals surface area contributed by atoms with Crippen molar-refractivity contribution in [1.82, 2.24) is 9.80 Å². The number of benzene rings is 1. The Morgan fingerprint density at radius 1 is 1.00 bits per heavy atom. The molecule has 0 unspecified atom stereocenters. The van der Waals surface area contributed by atoms with Crippen molar-refractivity contribution in [1.29, 1.82) is 0 Å². The second-order valence-corrected chi connectivity index (χ2v) is 6.69.